The molecular weight excluding hydrogens is 543 g/mol. The molecule has 1 aliphatic carbocycles. The number of nitrogens with one attached hydrogen (secondary N) is 2. The van der Waals surface area contributed by atoms with Gasteiger partial charge in [-0.25, -0.2) is 4.98 Å². The van der Waals surface area contributed by atoms with E-state index in [9.17, 15) is 27.6 Å². The summed E-state index contributed by atoms with van der Waals surface area (Å²) in [5.74, 6) is -0.726. The summed E-state index contributed by atoms with van der Waals surface area (Å²) >= 11 is 0.661. The molecule has 4 rings (SSSR count). The van der Waals surface area contributed by atoms with Crippen LogP contribution in [0.25, 0.3) is 10.6 Å². The summed E-state index contributed by atoms with van der Waals surface area (Å²) in [6.07, 6.45) is -0.554. The highest BCUT2D eigenvalue weighted by Gasteiger charge is 2.39. The largest absolute Gasteiger partial charge is 0.469 e. The van der Waals surface area contributed by atoms with Crippen LogP contribution in [0, 0.1) is 5.92 Å². The zero-order valence-electron chi connectivity index (χ0n) is 21.9. The van der Waals surface area contributed by atoms with E-state index < -0.39 is 22.7 Å². The van der Waals surface area contributed by atoms with Gasteiger partial charge in [0.05, 0.1) is 7.11 Å². The van der Waals surface area contributed by atoms with Gasteiger partial charge < -0.3 is 15.4 Å². The molecule has 1 saturated carbocycles. The number of halogens is 3. The average Bonchev–Trinajstić information content (AvgIpc) is 3.41. The Morgan fingerprint density at radius 2 is 1.68 bits per heavy atom. The molecule has 1 heterocycles. The summed E-state index contributed by atoms with van der Waals surface area (Å²) in [5.41, 5.74) is 1.000. The Morgan fingerprint density at radius 1 is 1.00 bits per heavy atom. The monoisotopic (exact) mass is 573 g/mol. The van der Waals surface area contributed by atoms with Crippen LogP contribution in [0.15, 0.2) is 54.6 Å². The van der Waals surface area contributed by atoms with Crippen molar-refractivity contribution in [2.75, 3.05) is 19.0 Å². The van der Waals surface area contributed by atoms with Crippen molar-refractivity contribution in [3.8, 4) is 10.6 Å². The van der Waals surface area contributed by atoms with Crippen LogP contribution in [0.4, 0.5) is 18.9 Å². The first-order chi connectivity index (χ1) is 19.1. The van der Waals surface area contributed by atoms with E-state index >= 15 is 0 Å². The van der Waals surface area contributed by atoms with Crippen LogP contribution >= 0.6 is 11.3 Å². The third-order valence-electron chi connectivity index (χ3n) is 6.96. The molecule has 212 valence electrons. The van der Waals surface area contributed by atoms with Gasteiger partial charge in [-0.15, -0.1) is 11.3 Å². The molecule has 40 heavy (non-hydrogen) atoms. The predicted octanol–water partition coefficient (Wildman–Crippen LogP) is 6.42. The third-order valence-corrected chi connectivity index (χ3v) is 8.06. The molecule has 0 atom stereocenters. The van der Waals surface area contributed by atoms with Crippen LogP contribution in [-0.4, -0.2) is 36.4 Å². The van der Waals surface area contributed by atoms with Gasteiger partial charge >= 0.3 is 12.1 Å². The van der Waals surface area contributed by atoms with Gasteiger partial charge in [-0.05, 0) is 55.2 Å². The number of alkyl halides is 3. The lowest BCUT2D eigenvalue weighted by Crippen LogP contribution is -2.28. The van der Waals surface area contributed by atoms with Crippen LogP contribution in [0.3, 0.4) is 0 Å². The average molecular weight is 574 g/mol. The first kappa shape index (κ1) is 29.3. The number of methoxy groups -OCH3 is 1. The Kier molecular flexibility index (Phi) is 9.57. The number of hydrogen-bond donors (Lipinski definition) is 2. The van der Waals surface area contributed by atoms with Gasteiger partial charge in [-0.1, -0.05) is 42.5 Å². The predicted molar refractivity (Wildman–Crippen MR) is 146 cm³/mol. The number of hydrogen-bond acceptors (Lipinski definition) is 6. The SMILES string of the molecule is COC(=O)C[C@H]1CC[C@H](c2ccc(NC(=O)CCNC(=O)c3sc(-c4ccccc4)nc3C(F)(F)F)cc2)CC1. The first-order valence-electron chi connectivity index (χ1n) is 13.0. The zero-order chi connectivity index (χ0) is 28.7. The van der Waals surface area contributed by atoms with Crippen LogP contribution in [0.5, 0.6) is 0 Å². The standard InChI is InChI=1S/C29H30F3N3O4S/c1-39-24(37)17-18-7-9-19(10-8-18)20-11-13-22(14-12-20)34-23(36)15-16-33-27(38)25-26(29(30,31)32)35-28(40-25)21-5-3-2-4-6-21/h2-6,11-14,18-19H,7-10,15-17H2,1H3,(H,33,38)(H,34,36)/t18-,19-. The minimum absolute atomic E-state index is 0.0912. The summed E-state index contributed by atoms with van der Waals surface area (Å²) in [6.45, 7) is -0.132. The Morgan fingerprint density at radius 3 is 2.30 bits per heavy atom. The minimum atomic E-state index is -4.79. The van der Waals surface area contributed by atoms with Crippen molar-refractivity contribution in [2.24, 2.45) is 5.92 Å². The molecule has 1 aliphatic rings. The summed E-state index contributed by atoms with van der Waals surface area (Å²) in [6, 6.07) is 15.9. The van der Waals surface area contributed by atoms with Crippen molar-refractivity contribution >= 4 is 34.8 Å². The van der Waals surface area contributed by atoms with Crippen LogP contribution in [0.2, 0.25) is 0 Å². The molecule has 2 amide bonds. The fraction of sp³-hybridized carbons (Fsp3) is 0.379. The summed E-state index contributed by atoms with van der Waals surface area (Å²) in [7, 11) is 1.40. The van der Waals surface area contributed by atoms with Crippen LogP contribution in [0.1, 0.15) is 65.4 Å². The molecular formula is C29H30F3N3O4S. The molecule has 2 N–H and O–H groups in total. The van der Waals surface area contributed by atoms with Gasteiger partial charge in [0, 0.05) is 30.6 Å². The number of esters is 1. The van der Waals surface area contributed by atoms with Gasteiger partial charge in [-0.3, -0.25) is 14.4 Å². The van der Waals surface area contributed by atoms with E-state index in [0.29, 0.717) is 40.8 Å². The molecule has 1 aromatic heterocycles. The molecule has 0 spiro atoms. The highest BCUT2D eigenvalue weighted by molar-refractivity contribution is 7.17. The third kappa shape index (κ3) is 7.68. The molecule has 11 heteroatoms. The molecule has 3 aromatic rings. The molecule has 1 fully saturated rings. The normalized spacial score (nSPS) is 17.2. The van der Waals surface area contributed by atoms with Crippen LogP contribution < -0.4 is 10.6 Å². The van der Waals surface area contributed by atoms with Crippen molar-refractivity contribution in [1.29, 1.82) is 0 Å². The van der Waals surface area contributed by atoms with Crippen molar-refractivity contribution in [3.05, 3.63) is 70.7 Å². The molecule has 2 aromatic carbocycles. The minimum Gasteiger partial charge on any atom is -0.469 e. The fourth-order valence-corrected chi connectivity index (χ4v) is 5.83. The number of ether oxygens (including phenoxy) is 1. The Labute approximate surface area is 234 Å². The summed E-state index contributed by atoms with van der Waals surface area (Å²) < 4.78 is 45.4. The van der Waals surface area contributed by atoms with E-state index in [4.69, 9.17) is 4.74 Å². The Balaban J connectivity index is 1.26. The number of rotatable bonds is 9. The van der Waals surface area contributed by atoms with Gasteiger partial charge in [-0.2, -0.15) is 13.2 Å². The van der Waals surface area contributed by atoms with E-state index in [1.165, 1.54) is 12.7 Å². The van der Waals surface area contributed by atoms with E-state index in [2.05, 4.69) is 15.6 Å². The van der Waals surface area contributed by atoms with Gasteiger partial charge in [0.1, 0.15) is 9.88 Å². The van der Waals surface area contributed by atoms with Crippen molar-refractivity contribution in [1.82, 2.24) is 10.3 Å². The number of aromatic nitrogens is 1. The number of benzene rings is 2. The number of carbonyl (C=O) groups excluding carboxylic acids is 3. The zero-order valence-corrected chi connectivity index (χ0v) is 22.7. The number of nitrogens with zero attached hydrogens (tertiary/aromatic N) is 1. The fourth-order valence-electron chi connectivity index (χ4n) is 4.82. The highest BCUT2D eigenvalue weighted by atomic mass is 32.1. The molecule has 0 saturated heterocycles. The summed E-state index contributed by atoms with van der Waals surface area (Å²) in [5, 5.41) is 5.25. The first-order valence-corrected chi connectivity index (χ1v) is 13.8. The maximum absolute atomic E-state index is 13.5. The molecule has 0 radical (unpaired) electrons. The number of thiazole rings is 1. The lowest BCUT2D eigenvalue weighted by atomic mass is 9.77. The van der Waals surface area contributed by atoms with Crippen LogP contribution in [-0.2, 0) is 20.5 Å². The lowest BCUT2D eigenvalue weighted by molar-refractivity contribution is -0.142. The Bertz CT molecular complexity index is 1320. The number of carbonyl (C=O) groups is 3. The van der Waals surface area contributed by atoms with Gasteiger partial charge in [0.15, 0.2) is 5.69 Å². The number of amides is 2. The molecule has 7 nitrogen and oxygen atoms in total. The topological polar surface area (TPSA) is 97.4 Å². The smallest absolute Gasteiger partial charge is 0.435 e. The number of anilines is 1. The Hall–Kier alpha value is -3.73. The quantitative estimate of drug-likeness (QED) is 0.288. The second kappa shape index (κ2) is 13.1. The van der Waals surface area contributed by atoms with Crippen molar-refractivity contribution < 1.29 is 32.3 Å². The second-order valence-electron chi connectivity index (χ2n) is 9.73. The van der Waals surface area contributed by atoms with Crippen molar-refractivity contribution in [3.63, 3.8) is 0 Å². The van der Waals surface area contributed by atoms with E-state index in [-0.39, 0.29) is 29.8 Å². The maximum atomic E-state index is 13.5. The molecule has 0 bridgehead atoms. The van der Waals surface area contributed by atoms with Gasteiger partial charge in [0.2, 0.25) is 5.91 Å². The molecule has 0 aliphatic heterocycles. The summed E-state index contributed by atoms with van der Waals surface area (Å²) in [4.78, 5) is 39.6. The highest BCUT2D eigenvalue weighted by Crippen LogP contribution is 2.38. The second-order valence-corrected chi connectivity index (χ2v) is 10.7. The van der Waals surface area contributed by atoms with Gasteiger partial charge in [0.25, 0.3) is 5.91 Å². The molecule has 0 unspecified atom stereocenters. The maximum Gasteiger partial charge on any atom is 0.435 e. The van der Waals surface area contributed by atoms with E-state index in [0.717, 1.165) is 25.7 Å². The van der Waals surface area contributed by atoms with E-state index in [1.807, 2.05) is 24.3 Å². The van der Waals surface area contributed by atoms with E-state index in [1.54, 1.807) is 30.3 Å². The van der Waals surface area contributed by atoms with Crippen molar-refractivity contribution in [2.45, 2.75) is 50.6 Å². The lowest BCUT2D eigenvalue weighted by Gasteiger charge is -2.28.